The minimum Gasteiger partial charge on any atom is -0.508 e. The molecule has 11 aromatic carbocycles. The predicted octanol–water partition coefficient (Wildman–Crippen LogP) is 22.1. The molecule has 5 heteroatoms. The van der Waals surface area contributed by atoms with Crippen molar-refractivity contribution in [2.24, 2.45) is 0 Å². The summed E-state index contributed by atoms with van der Waals surface area (Å²) >= 11 is 0. The van der Waals surface area contributed by atoms with E-state index in [0.717, 1.165) is 66.7 Å². The lowest BCUT2D eigenvalue weighted by molar-refractivity contribution is 0.476. The molecular formula is C80H72N2O3. The number of aromatic hydroxyl groups is 1. The van der Waals surface area contributed by atoms with Crippen LogP contribution < -0.4 is 0 Å². The van der Waals surface area contributed by atoms with Crippen LogP contribution in [0.1, 0.15) is 66.8 Å². The molecule has 5 nitrogen and oxygen atoms in total. The molecule has 420 valence electrons. The van der Waals surface area contributed by atoms with Crippen molar-refractivity contribution < 1.29 is 13.9 Å². The van der Waals surface area contributed by atoms with Gasteiger partial charge in [-0.1, -0.05) is 162 Å². The molecule has 0 aliphatic heterocycles. The molecule has 0 spiro atoms. The first-order valence-corrected chi connectivity index (χ1v) is 29.2. The molecule has 0 bridgehead atoms. The van der Waals surface area contributed by atoms with Gasteiger partial charge >= 0.3 is 0 Å². The number of hydrogen-bond donors (Lipinski definition) is 1. The van der Waals surface area contributed by atoms with Crippen molar-refractivity contribution in [1.82, 2.24) is 9.97 Å². The number of hydrogen-bond acceptors (Lipinski definition) is 5. The van der Waals surface area contributed by atoms with E-state index in [4.69, 9.17) is 18.8 Å². The molecular weight excluding hydrogens is 1040 g/mol. The van der Waals surface area contributed by atoms with Crippen molar-refractivity contribution in [2.45, 2.75) is 83.1 Å². The SMILES string of the molecule is Cc1cc(C)c(-c2cc(-c3ccccc3C)c3nc(-c4ccccc4)oc3c2)c(C)c1.Cc1cc(C)c(-c2cc(-c3ccccc3C)c3oc(-c4ccccc4)nc3c2)c(C)c1.Cc1cc(C)c(-c2cc(O)cc(-c3ccccc3C)c2)c(C)c1. The number of aromatic nitrogens is 2. The molecule has 2 aromatic heterocycles. The van der Waals surface area contributed by atoms with Gasteiger partial charge in [-0.05, 0) is 256 Å². The Morgan fingerprint density at radius 2 is 0.659 bits per heavy atom. The summed E-state index contributed by atoms with van der Waals surface area (Å²) in [5.74, 6) is 1.61. The van der Waals surface area contributed by atoms with E-state index in [1.807, 2.05) is 84.9 Å². The predicted molar refractivity (Wildman–Crippen MR) is 356 cm³/mol. The molecule has 2 heterocycles. The summed E-state index contributed by atoms with van der Waals surface area (Å²) in [7, 11) is 0. The van der Waals surface area contributed by atoms with Gasteiger partial charge in [-0.3, -0.25) is 0 Å². The van der Waals surface area contributed by atoms with Crippen LogP contribution in [0.25, 0.3) is 112 Å². The summed E-state index contributed by atoms with van der Waals surface area (Å²) in [5.41, 5.74) is 34.4. The first-order chi connectivity index (χ1) is 41.0. The molecule has 0 saturated carbocycles. The largest absolute Gasteiger partial charge is 0.508 e. The molecule has 13 aromatic rings. The molecule has 0 aliphatic carbocycles. The number of rotatable bonds is 8. The lowest BCUT2D eigenvalue weighted by Crippen LogP contribution is -1.92. The van der Waals surface area contributed by atoms with Crippen molar-refractivity contribution >= 4 is 22.2 Å². The highest BCUT2D eigenvalue weighted by Gasteiger charge is 2.21. The lowest BCUT2D eigenvalue weighted by Gasteiger charge is -2.14. The third-order valence-electron chi connectivity index (χ3n) is 16.2. The summed E-state index contributed by atoms with van der Waals surface area (Å²) in [6.07, 6.45) is 0. The van der Waals surface area contributed by atoms with E-state index in [1.54, 1.807) is 0 Å². The summed E-state index contributed by atoms with van der Waals surface area (Å²) in [6.45, 7) is 25.8. The summed E-state index contributed by atoms with van der Waals surface area (Å²) in [5, 5.41) is 10.2. The summed E-state index contributed by atoms with van der Waals surface area (Å²) in [4.78, 5) is 9.82. The topological polar surface area (TPSA) is 72.3 Å². The first kappa shape index (κ1) is 57.0. The third-order valence-corrected chi connectivity index (χ3v) is 16.2. The molecule has 1 N–H and O–H groups in total. The van der Waals surface area contributed by atoms with E-state index < -0.39 is 0 Å². The van der Waals surface area contributed by atoms with Crippen molar-refractivity contribution in [1.29, 1.82) is 0 Å². The fourth-order valence-electron chi connectivity index (χ4n) is 12.6. The Labute approximate surface area is 501 Å². The fraction of sp³-hybridized carbons (Fsp3) is 0.150. The van der Waals surface area contributed by atoms with Gasteiger partial charge in [0.2, 0.25) is 11.8 Å². The normalized spacial score (nSPS) is 11.1. The highest BCUT2D eigenvalue weighted by Crippen LogP contribution is 2.42. The molecule has 0 atom stereocenters. The van der Waals surface area contributed by atoms with Gasteiger partial charge < -0.3 is 13.9 Å². The minimum atomic E-state index is 0.306. The Balaban J connectivity index is 0.000000135. The summed E-state index contributed by atoms with van der Waals surface area (Å²) < 4.78 is 12.7. The zero-order chi connectivity index (χ0) is 59.6. The van der Waals surface area contributed by atoms with Crippen molar-refractivity contribution in [3.63, 3.8) is 0 Å². The lowest BCUT2D eigenvalue weighted by atomic mass is 9.90. The molecule has 0 radical (unpaired) electrons. The molecule has 0 unspecified atom stereocenters. The number of fused-ring (bicyclic) bond motifs is 2. The third kappa shape index (κ3) is 12.0. The van der Waals surface area contributed by atoms with E-state index in [2.05, 4.69) is 210 Å². The van der Waals surface area contributed by atoms with Gasteiger partial charge in [-0.15, -0.1) is 0 Å². The van der Waals surface area contributed by atoms with Crippen LogP contribution in [0.3, 0.4) is 0 Å². The number of oxazole rings is 2. The van der Waals surface area contributed by atoms with Gasteiger partial charge in [0, 0.05) is 22.3 Å². The van der Waals surface area contributed by atoms with E-state index >= 15 is 0 Å². The first-order valence-electron chi connectivity index (χ1n) is 29.2. The van der Waals surface area contributed by atoms with Crippen LogP contribution >= 0.6 is 0 Å². The number of phenolic OH excluding ortho intramolecular Hbond substituents is 1. The van der Waals surface area contributed by atoms with Gasteiger partial charge in [-0.25, -0.2) is 9.97 Å². The van der Waals surface area contributed by atoms with E-state index in [9.17, 15) is 5.11 Å². The van der Waals surface area contributed by atoms with Gasteiger partial charge in [0.1, 0.15) is 16.8 Å². The van der Waals surface area contributed by atoms with Crippen molar-refractivity contribution in [3.05, 3.63) is 279 Å². The number of benzene rings is 11. The summed E-state index contributed by atoms with van der Waals surface area (Å²) in [6, 6.07) is 73.5. The van der Waals surface area contributed by atoms with Crippen LogP contribution in [-0.4, -0.2) is 15.1 Å². The monoisotopic (exact) mass is 1110 g/mol. The van der Waals surface area contributed by atoms with E-state index in [-0.39, 0.29) is 0 Å². The fourth-order valence-corrected chi connectivity index (χ4v) is 12.6. The van der Waals surface area contributed by atoms with Gasteiger partial charge in [0.05, 0.1) is 0 Å². The minimum absolute atomic E-state index is 0.306. The van der Waals surface area contributed by atoms with Gasteiger partial charge in [0.15, 0.2) is 11.2 Å². The van der Waals surface area contributed by atoms with Crippen molar-refractivity contribution in [2.75, 3.05) is 0 Å². The Morgan fingerprint density at radius 1 is 0.282 bits per heavy atom. The Kier molecular flexibility index (Phi) is 16.2. The molecule has 13 rings (SSSR count). The zero-order valence-corrected chi connectivity index (χ0v) is 50.9. The van der Waals surface area contributed by atoms with Crippen LogP contribution in [0.4, 0.5) is 0 Å². The zero-order valence-electron chi connectivity index (χ0n) is 50.9. The maximum Gasteiger partial charge on any atom is 0.227 e. The second-order valence-electron chi connectivity index (χ2n) is 23.0. The maximum absolute atomic E-state index is 10.2. The Bertz CT molecular complexity index is 4330. The van der Waals surface area contributed by atoms with Crippen LogP contribution in [0.15, 0.2) is 221 Å². The number of aryl methyl sites for hydroxylation is 12. The second-order valence-corrected chi connectivity index (χ2v) is 23.0. The number of nitrogens with zero attached hydrogens (tertiary/aromatic N) is 2. The average Bonchev–Trinajstić information content (AvgIpc) is 2.26. The highest BCUT2D eigenvalue weighted by atomic mass is 16.4. The Hall–Kier alpha value is -9.84. The van der Waals surface area contributed by atoms with Crippen LogP contribution in [0, 0.1) is 83.1 Å². The van der Waals surface area contributed by atoms with Gasteiger partial charge in [-0.2, -0.15) is 0 Å². The van der Waals surface area contributed by atoms with Crippen LogP contribution in [-0.2, 0) is 0 Å². The molecule has 0 aliphatic rings. The molecule has 0 fully saturated rings. The Morgan fingerprint density at radius 3 is 1.13 bits per heavy atom. The van der Waals surface area contributed by atoms with E-state index in [1.165, 1.54) is 100 Å². The molecule has 0 amide bonds. The standard InChI is InChI=1S/2C29H25NO.C22H22O/c1-18-14-20(3)27(21(4)15-18)23-16-25(24-13-9-8-10-19(24)2)28-26(17-23)31-29(30-28)22-11-6-5-7-12-22;1-18-14-20(3)27(21(4)15-18)23-16-25(24-13-9-8-10-19(24)2)28-26(17-23)30-29(31-28)22-11-6-5-7-12-22;1-14-9-16(3)22(17(4)10-14)19-11-18(12-20(23)13-19)21-8-6-5-7-15(21)2/h2*5-17H,1-4H3;5-13,23H,1-4H3. The maximum atomic E-state index is 10.2. The smallest absolute Gasteiger partial charge is 0.227 e. The van der Waals surface area contributed by atoms with Crippen molar-refractivity contribution in [3.8, 4) is 95.4 Å². The average molecular weight is 1110 g/mol. The second kappa shape index (κ2) is 24.2. The van der Waals surface area contributed by atoms with Crippen LogP contribution in [0.5, 0.6) is 5.75 Å². The van der Waals surface area contributed by atoms with Crippen LogP contribution in [0.2, 0.25) is 0 Å². The quantitative estimate of drug-likeness (QED) is 0.164. The van der Waals surface area contributed by atoms with Gasteiger partial charge in [0.25, 0.3) is 0 Å². The highest BCUT2D eigenvalue weighted by molar-refractivity contribution is 5.99. The number of phenols is 1. The molecule has 85 heavy (non-hydrogen) atoms. The van der Waals surface area contributed by atoms with E-state index in [0.29, 0.717) is 17.5 Å². The molecule has 0 saturated heterocycles.